The van der Waals surface area contributed by atoms with Crippen LogP contribution in [0.4, 0.5) is 0 Å². The highest BCUT2D eigenvalue weighted by Gasteiger charge is 2.26. The maximum Gasteiger partial charge on any atom is 0.238 e. The Labute approximate surface area is 412 Å². The number of furan rings is 1. The molecule has 0 amide bonds. The van der Waals surface area contributed by atoms with Crippen LogP contribution in [0.15, 0.2) is 130 Å². The molecular formula is C52H40B10N6O2. The molecule has 0 unspecified atom stereocenters. The van der Waals surface area contributed by atoms with Crippen LogP contribution >= 0.6 is 0 Å². The highest BCUT2D eigenvalue weighted by molar-refractivity contribution is 6.70. The molecule has 18 heteroatoms. The molecule has 70 heavy (non-hydrogen) atoms. The quantitative estimate of drug-likeness (QED) is 0.163. The van der Waals surface area contributed by atoms with E-state index in [1.807, 2.05) is 24.3 Å². The molecule has 0 aliphatic carbocycles. The molecular weight excluding hydrogens is 849 g/mol. The van der Waals surface area contributed by atoms with E-state index in [-0.39, 0.29) is 0 Å². The van der Waals surface area contributed by atoms with Gasteiger partial charge in [0.1, 0.15) is 95.1 Å². The third kappa shape index (κ3) is 5.98. The summed E-state index contributed by atoms with van der Waals surface area (Å²) >= 11 is 0. The van der Waals surface area contributed by atoms with E-state index in [1.54, 1.807) is 0 Å². The highest BCUT2D eigenvalue weighted by Crippen LogP contribution is 2.42. The Morgan fingerprint density at radius 3 is 1.44 bits per heavy atom. The third-order valence-corrected chi connectivity index (χ3v) is 16.0. The Balaban J connectivity index is 1.10. The first-order valence-electron chi connectivity index (χ1n) is 24.1. The summed E-state index contributed by atoms with van der Waals surface area (Å²) in [4.78, 5) is 21.7. The topological polar surface area (TPSA) is 87.7 Å². The second-order valence-corrected chi connectivity index (χ2v) is 19.3. The maximum absolute atomic E-state index is 6.67. The second-order valence-electron chi connectivity index (χ2n) is 19.3. The van der Waals surface area contributed by atoms with Crippen molar-refractivity contribution in [2.45, 2.75) is 0 Å². The van der Waals surface area contributed by atoms with Crippen LogP contribution in [-0.4, -0.2) is 108 Å². The summed E-state index contributed by atoms with van der Waals surface area (Å²) in [5.74, 6) is 2.44. The lowest BCUT2D eigenvalue weighted by Gasteiger charge is -2.22. The molecule has 5 heterocycles. The van der Waals surface area contributed by atoms with Crippen LogP contribution in [0.5, 0.6) is 0 Å². The first kappa shape index (κ1) is 42.4. The molecule has 0 aliphatic heterocycles. The normalized spacial score (nSPS) is 12.0. The van der Waals surface area contributed by atoms with Crippen LogP contribution in [0.3, 0.4) is 0 Å². The average Bonchev–Trinajstić information content (AvgIpc) is 4.15. The van der Waals surface area contributed by atoms with Crippen LogP contribution in [0, 0.1) is 0 Å². The van der Waals surface area contributed by atoms with Crippen molar-refractivity contribution in [2.24, 2.45) is 0 Å². The van der Waals surface area contributed by atoms with Gasteiger partial charge >= 0.3 is 0 Å². The van der Waals surface area contributed by atoms with E-state index in [9.17, 15) is 0 Å². The lowest BCUT2D eigenvalue weighted by Crippen LogP contribution is -2.55. The molecule has 8 nitrogen and oxygen atoms in total. The van der Waals surface area contributed by atoms with Crippen LogP contribution in [-0.2, 0) is 0 Å². The van der Waals surface area contributed by atoms with Gasteiger partial charge in [-0.3, -0.25) is 4.57 Å². The van der Waals surface area contributed by atoms with Gasteiger partial charge in [-0.2, -0.15) is 9.97 Å². The summed E-state index contributed by atoms with van der Waals surface area (Å²) in [6.45, 7) is 0. The molecule has 5 aromatic heterocycles. The van der Waals surface area contributed by atoms with Gasteiger partial charge in [-0.15, -0.1) is 32.8 Å². The van der Waals surface area contributed by atoms with Gasteiger partial charge in [-0.25, -0.2) is 9.97 Å². The van der Waals surface area contributed by atoms with E-state index in [0.717, 1.165) is 93.4 Å². The van der Waals surface area contributed by atoms with Crippen LogP contribution in [0.25, 0.3) is 123 Å². The molecule has 0 aliphatic rings. The van der Waals surface area contributed by atoms with E-state index in [0.29, 0.717) is 29.1 Å². The maximum atomic E-state index is 6.67. The number of hydrogen-bond acceptors (Lipinski definition) is 6. The fourth-order valence-electron chi connectivity index (χ4n) is 11.4. The number of oxazole rings is 1. The van der Waals surface area contributed by atoms with E-state index in [1.165, 1.54) is 54.6 Å². The number of fused-ring (bicyclic) bond motifs is 11. The molecule has 0 spiro atoms. The molecule has 13 rings (SSSR count). The monoisotopic (exact) mass is 890 g/mol. The minimum Gasteiger partial charge on any atom is -0.456 e. The van der Waals surface area contributed by atoms with E-state index < -0.39 is 0 Å². The molecule has 0 N–H and O–H groups in total. The second kappa shape index (κ2) is 15.4. The van der Waals surface area contributed by atoms with Gasteiger partial charge in [0.15, 0.2) is 17.2 Å². The summed E-state index contributed by atoms with van der Waals surface area (Å²) in [7, 11) is 22.1. The number of nitrogens with zero attached hydrogens (tertiary/aromatic N) is 6. The van der Waals surface area contributed by atoms with Gasteiger partial charge in [0.2, 0.25) is 11.8 Å². The minimum atomic E-state index is 0.537. The summed E-state index contributed by atoms with van der Waals surface area (Å²) in [6.07, 6.45) is 0. The Kier molecular flexibility index (Phi) is 9.32. The van der Waals surface area contributed by atoms with Crippen molar-refractivity contribution in [2.75, 3.05) is 0 Å². The predicted octanol–water partition coefficient (Wildman–Crippen LogP) is -4.31. The summed E-state index contributed by atoms with van der Waals surface area (Å²) < 4.78 is 17.6. The molecule has 0 radical (unpaired) electrons. The first-order chi connectivity index (χ1) is 33.9. The molecule has 0 saturated carbocycles. The van der Waals surface area contributed by atoms with Crippen molar-refractivity contribution in [3.63, 3.8) is 0 Å². The zero-order valence-electron chi connectivity index (χ0n) is 41.0. The zero-order valence-corrected chi connectivity index (χ0v) is 41.0. The van der Waals surface area contributed by atoms with Gasteiger partial charge in [-0.05, 0) is 48.5 Å². The molecule has 320 valence electrons. The number of benzene rings is 8. The van der Waals surface area contributed by atoms with Crippen molar-refractivity contribution >= 4 is 210 Å². The van der Waals surface area contributed by atoms with Crippen LogP contribution in [0.2, 0.25) is 0 Å². The Hall–Kier alpha value is -7.71. The predicted molar refractivity (Wildman–Crippen MR) is 321 cm³/mol. The van der Waals surface area contributed by atoms with Crippen molar-refractivity contribution in [3.8, 4) is 45.9 Å². The van der Waals surface area contributed by atoms with Crippen molar-refractivity contribution in [3.05, 3.63) is 121 Å². The van der Waals surface area contributed by atoms with E-state index >= 15 is 0 Å². The largest absolute Gasteiger partial charge is 0.456 e. The summed E-state index contributed by atoms with van der Waals surface area (Å²) in [6, 6.07) is 42.4. The van der Waals surface area contributed by atoms with Gasteiger partial charge in [0, 0.05) is 55.1 Å². The Bertz CT molecular complexity index is 4320. The average molecular weight is 889 g/mol. The van der Waals surface area contributed by atoms with E-state index in [4.69, 9.17) is 28.8 Å². The third-order valence-electron chi connectivity index (χ3n) is 16.0. The van der Waals surface area contributed by atoms with Crippen molar-refractivity contribution < 1.29 is 8.83 Å². The fourth-order valence-corrected chi connectivity index (χ4v) is 11.4. The molecule has 0 saturated heterocycles. The molecule has 0 atom stereocenters. The number of rotatable bonds is 5. The van der Waals surface area contributed by atoms with E-state index in [2.05, 4.69) is 185 Å². The van der Waals surface area contributed by atoms with Gasteiger partial charge in [0.05, 0.1) is 27.8 Å². The number of para-hydroxylation sites is 3. The van der Waals surface area contributed by atoms with Crippen molar-refractivity contribution in [1.82, 2.24) is 29.1 Å². The molecule has 0 fully saturated rings. The summed E-state index contributed by atoms with van der Waals surface area (Å²) in [5, 5.41) is 6.62. The van der Waals surface area contributed by atoms with Gasteiger partial charge in [0.25, 0.3) is 0 Å². The fraction of sp³-hybridized carbons (Fsp3) is 0. The smallest absolute Gasteiger partial charge is 0.238 e. The zero-order chi connectivity index (χ0) is 48.0. The highest BCUT2D eigenvalue weighted by atomic mass is 16.3. The Morgan fingerprint density at radius 2 is 0.843 bits per heavy atom. The van der Waals surface area contributed by atoms with Crippen molar-refractivity contribution in [1.29, 1.82) is 0 Å². The molecule has 13 aromatic rings. The first-order valence-corrected chi connectivity index (χ1v) is 24.1. The lowest BCUT2D eigenvalue weighted by molar-refractivity contribution is 0.619. The minimum absolute atomic E-state index is 0.537. The van der Waals surface area contributed by atoms with Crippen LogP contribution in [0.1, 0.15) is 0 Å². The SMILES string of the molecule is Bc1c(B)c(B)c(-c2nc(-c3c(B)c(B)c(B)c(B)c3B)nc(-n3c4ccccc4c4ccc5c6ccccc6n(-c6ccc7nc(-c8ccc9c(c8)oc8ccccc89)oc7c6)c5c43)n2)c(B)c1B. The number of aromatic nitrogens is 6. The number of hydrogen-bond donors (Lipinski definition) is 0. The summed E-state index contributed by atoms with van der Waals surface area (Å²) in [5.41, 5.74) is 23.5. The van der Waals surface area contributed by atoms with Crippen LogP contribution < -0.4 is 54.6 Å². The standard InChI is InChI=1S/C52H40B10N6O2/c53-37-35(38(54)42(58)45(61)41(37)57)49-64-50(36-39(55)43(59)46(62)44(60)40(36)56)66-52(65-49)68-31-11-5-2-8-24(31)28-17-16-27-23-7-1-4-10-30(23)67(47(27)48(28)68)22-14-18-29-34(20-22)70-51(63-29)21-13-15-26-25-9-3-6-12-32(25)69-33(26)19-21/h1-20H,53-62H2. The Morgan fingerprint density at radius 1 is 0.357 bits per heavy atom. The van der Waals surface area contributed by atoms with Gasteiger partial charge in [-0.1, -0.05) is 88.6 Å². The van der Waals surface area contributed by atoms with Gasteiger partial charge < -0.3 is 13.4 Å². The lowest BCUT2D eigenvalue weighted by atomic mass is 9.60. The molecule has 8 aromatic carbocycles. The molecule has 0 bridgehead atoms.